The first-order valence-electron chi connectivity index (χ1n) is 6.53. The molecule has 0 spiro atoms. The molecule has 0 radical (unpaired) electrons. The van der Waals surface area contributed by atoms with Crippen LogP contribution in [0.2, 0.25) is 0 Å². The summed E-state index contributed by atoms with van der Waals surface area (Å²) in [5.41, 5.74) is 7.38. The minimum absolute atomic E-state index is 0.224. The normalized spacial score (nSPS) is 21.3. The maximum absolute atomic E-state index is 13.9. The summed E-state index contributed by atoms with van der Waals surface area (Å²) in [7, 11) is 0. The van der Waals surface area contributed by atoms with Crippen LogP contribution in [0.4, 0.5) is 10.1 Å². The number of halogens is 1. The van der Waals surface area contributed by atoms with Crippen molar-refractivity contribution in [1.82, 2.24) is 0 Å². The van der Waals surface area contributed by atoms with Gasteiger partial charge in [-0.05, 0) is 37.8 Å². The third kappa shape index (κ3) is 2.65. The molecular formula is C14H21FN2O. The molecule has 0 aliphatic carbocycles. The molecule has 4 heteroatoms. The Labute approximate surface area is 107 Å². The lowest BCUT2D eigenvalue weighted by Gasteiger charge is -2.24. The van der Waals surface area contributed by atoms with Crippen molar-refractivity contribution >= 4 is 5.69 Å². The summed E-state index contributed by atoms with van der Waals surface area (Å²) >= 11 is 0. The number of anilines is 1. The Hall–Kier alpha value is -1.13. The first kappa shape index (κ1) is 13.3. The molecule has 0 saturated carbocycles. The van der Waals surface area contributed by atoms with Crippen molar-refractivity contribution < 1.29 is 9.50 Å². The van der Waals surface area contributed by atoms with Gasteiger partial charge >= 0.3 is 0 Å². The molecule has 1 fully saturated rings. The first-order chi connectivity index (χ1) is 8.63. The van der Waals surface area contributed by atoms with E-state index in [1.54, 1.807) is 6.07 Å². The monoisotopic (exact) mass is 252 g/mol. The molecule has 1 aromatic carbocycles. The topological polar surface area (TPSA) is 49.5 Å². The SMILES string of the molecule is C[C@H](N)c1c(F)cccc1N1CCC(CCO)C1. The second-order valence-corrected chi connectivity index (χ2v) is 5.07. The van der Waals surface area contributed by atoms with Crippen molar-refractivity contribution in [2.75, 3.05) is 24.6 Å². The molecule has 100 valence electrons. The van der Waals surface area contributed by atoms with Crippen molar-refractivity contribution in [3.63, 3.8) is 0 Å². The molecular weight excluding hydrogens is 231 g/mol. The van der Waals surface area contributed by atoms with E-state index in [1.807, 2.05) is 13.0 Å². The second-order valence-electron chi connectivity index (χ2n) is 5.07. The highest BCUT2D eigenvalue weighted by Crippen LogP contribution is 2.32. The van der Waals surface area contributed by atoms with E-state index in [0.717, 1.165) is 31.6 Å². The Balaban J connectivity index is 2.21. The molecule has 1 aliphatic rings. The highest BCUT2D eigenvalue weighted by molar-refractivity contribution is 5.56. The van der Waals surface area contributed by atoms with Crippen LogP contribution in [0, 0.1) is 11.7 Å². The average Bonchev–Trinajstić information content (AvgIpc) is 2.77. The number of nitrogens with zero attached hydrogens (tertiary/aromatic N) is 1. The molecule has 0 bridgehead atoms. The van der Waals surface area contributed by atoms with Crippen LogP contribution in [0.5, 0.6) is 0 Å². The van der Waals surface area contributed by atoms with E-state index < -0.39 is 0 Å². The third-order valence-electron chi connectivity index (χ3n) is 3.65. The fraction of sp³-hybridized carbons (Fsp3) is 0.571. The molecule has 2 atom stereocenters. The zero-order chi connectivity index (χ0) is 13.1. The van der Waals surface area contributed by atoms with E-state index in [4.69, 9.17) is 10.8 Å². The predicted molar refractivity (Wildman–Crippen MR) is 71.0 cm³/mol. The Morgan fingerprint density at radius 2 is 2.33 bits per heavy atom. The molecule has 3 nitrogen and oxygen atoms in total. The molecule has 1 heterocycles. The largest absolute Gasteiger partial charge is 0.396 e. The molecule has 18 heavy (non-hydrogen) atoms. The van der Waals surface area contributed by atoms with Crippen LogP contribution in [-0.2, 0) is 0 Å². The number of hydrogen-bond donors (Lipinski definition) is 2. The summed E-state index contributed by atoms with van der Waals surface area (Å²) in [6, 6.07) is 4.82. The highest BCUT2D eigenvalue weighted by atomic mass is 19.1. The summed E-state index contributed by atoms with van der Waals surface area (Å²) in [5, 5.41) is 8.97. The molecule has 0 aromatic heterocycles. The van der Waals surface area contributed by atoms with Crippen LogP contribution >= 0.6 is 0 Å². The molecule has 3 N–H and O–H groups in total. The van der Waals surface area contributed by atoms with Gasteiger partial charge in [-0.3, -0.25) is 0 Å². The second kappa shape index (κ2) is 5.67. The fourth-order valence-corrected chi connectivity index (χ4v) is 2.72. The van der Waals surface area contributed by atoms with Gasteiger partial charge in [-0.2, -0.15) is 0 Å². The number of benzene rings is 1. The van der Waals surface area contributed by atoms with Gasteiger partial charge in [0.2, 0.25) is 0 Å². The van der Waals surface area contributed by atoms with E-state index in [1.165, 1.54) is 6.07 Å². The van der Waals surface area contributed by atoms with Gasteiger partial charge < -0.3 is 15.7 Å². The van der Waals surface area contributed by atoms with Gasteiger partial charge in [0.15, 0.2) is 0 Å². The number of aliphatic hydroxyl groups is 1. The van der Waals surface area contributed by atoms with Gasteiger partial charge in [-0.25, -0.2) is 4.39 Å². The Morgan fingerprint density at radius 1 is 1.56 bits per heavy atom. The van der Waals surface area contributed by atoms with E-state index in [0.29, 0.717) is 11.5 Å². The predicted octanol–water partition coefficient (Wildman–Crippen LogP) is 2.05. The van der Waals surface area contributed by atoms with Crippen molar-refractivity contribution in [3.8, 4) is 0 Å². The summed E-state index contributed by atoms with van der Waals surface area (Å²) in [5.74, 6) is 0.271. The Bertz CT molecular complexity index is 409. The quantitative estimate of drug-likeness (QED) is 0.862. The van der Waals surface area contributed by atoms with Gasteiger partial charge in [-0.1, -0.05) is 6.07 Å². The maximum Gasteiger partial charge on any atom is 0.130 e. The molecule has 1 aromatic rings. The van der Waals surface area contributed by atoms with Crippen molar-refractivity contribution in [3.05, 3.63) is 29.6 Å². The number of hydrogen-bond acceptors (Lipinski definition) is 3. The van der Waals surface area contributed by atoms with E-state index in [2.05, 4.69) is 4.90 Å². The number of aliphatic hydroxyl groups excluding tert-OH is 1. The van der Waals surface area contributed by atoms with Crippen molar-refractivity contribution in [1.29, 1.82) is 0 Å². The smallest absolute Gasteiger partial charge is 0.130 e. The van der Waals surface area contributed by atoms with Gasteiger partial charge in [0.05, 0.1) is 0 Å². The Kier molecular flexibility index (Phi) is 4.19. The average molecular weight is 252 g/mol. The highest BCUT2D eigenvalue weighted by Gasteiger charge is 2.25. The minimum atomic E-state index is -0.307. The van der Waals surface area contributed by atoms with Crippen LogP contribution in [0.1, 0.15) is 31.4 Å². The van der Waals surface area contributed by atoms with E-state index in [-0.39, 0.29) is 18.5 Å². The molecule has 1 unspecified atom stereocenters. The zero-order valence-corrected chi connectivity index (χ0v) is 10.8. The summed E-state index contributed by atoms with van der Waals surface area (Å²) in [6.45, 7) is 3.82. The lowest BCUT2D eigenvalue weighted by molar-refractivity contribution is 0.263. The summed E-state index contributed by atoms with van der Waals surface area (Å²) < 4.78 is 13.9. The van der Waals surface area contributed by atoms with Crippen LogP contribution in [0.15, 0.2) is 18.2 Å². The summed E-state index contributed by atoms with van der Waals surface area (Å²) in [4.78, 5) is 2.18. The number of nitrogens with two attached hydrogens (primary N) is 1. The summed E-state index contributed by atoms with van der Waals surface area (Å²) in [6.07, 6.45) is 1.87. The van der Waals surface area contributed by atoms with Crippen molar-refractivity contribution in [2.45, 2.75) is 25.8 Å². The van der Waals surface area contributed by atoms with Gasteiger partial charge in [0.1, 0.15) is 5.82 Å². The fourth-order valence-electron chi connectivity index (χ4n) is 2.72. The van der Waals surface area contributed by atoms with Gasteiger partial charge in [0.25, 0.3) is 0 Å². The molecule has 0 amide bonds. The van der Waals surface area contributed by atoms with Crippen LogP contribution in [0.3, 0.4) is 0 Å². The molecule has 2 rings (SSSR count). The lowest BCUT2D eigenvalue weighted by atomic mass is 10.0. The Morgan fingerprint density at radius 3 is 3.00 bits per heavy atom. The van der Waals surface area contributed by atoms with Crippen LogP contribution in [0.25, 0.3) is 0 Å². The van der Waals surface area contributed by atoms with E-state index in [9.17, 15) is 4.39 Å². The van der Waals surface area contributed by atoms with Crippen LogP contribution in [-0.4, -0.2) is 24.8 Å². The third-order valence-corrected chi connectivity index (χ3v) is 3.65. The van der Waals surface area contributed by atoms with Gasteiger partial charge in [0, 0.05) is 37.0 Å². The maximum atomic E-state index is 13.9. The van der Waals surface area contributed by atoms with E-state index >= 15 is 0 Å². The molecule has 1 saturated heterocycles. The lowest BCUT2D eigenvalue weighted by Crippen LogP contribution is -2.23. The number of rotatable bonds is 4. The van der Waals surface area contributed by atoms with Crippen molar-refractivity contribution in [2.24, 2.45) is 11.7 Å². The van der Waals surface area contributed by atoms with Crippen LogP contribution < -0.4 is 10.6 Å². The standard InChI is InChI=1S/C14H21FN2O/c1-10(16)14-12(15)3-2-4-13(14)17-7-5-11(9-17)6-8-18/h2-4,10-11,18H,5-9,16H2,1H3/t10-,11?/m0/s1. The zero-order valence-electron chi connectivity index (χ0n) is 10.8. The first-order valence-corrected chi connectivity index (χ1v) is 6.53. The van der Waals surface area contributed by atoms with Gasteiger partial charge in [-0.15, -0.1) is 0 Å². The molecule has 1 aliphatic heterocycles. The minimum Gasteiger partial charge on any atom is -0.396 e.